The smallest absolute Gasteiger partial charge is 0.276 e. The molecule has 3 N–H and O–H groups in total. The average molecular weight is 360 g/mol. The van der Waals surface area contributed by atoms with Crippen LogP contribution >= 0.6 is 11.3 Å². The van der Waals surface area contributed by atoms with Crippen LogP contribution in [0.1, 0.15) is 28.3 Å². The maximum atomic E-state index is 12.2. The van der Waals surface area contributed by atoms with Crippen LogP contribution in [-0.2, 0) is 6.54 Å². The number of thiazole rings is 1. The molecular weight excluding hydrogens is 336 g/mol. The van der Waals surface area contributed by atoms with E-state index in [1.807, 2.05) is 18.3 Å². The molecule has 8 heteroatoms. The lowest BCUT2D eigenvalue weighted by atomic mass is 10.0. The second-order valence-electron chi connectivity index (χ2n) is 6.37. The van der Waals surface area contributed by atoms with Crippen LogP contribution in [0.3, 0.4) is 0 Å². The van der Waals surface area contributed by atoms with E-state index in [9.17, 15) is 4.79 Å². The van der Waals surface area contributed by atoms with E-state index in [1.54, 1.807) is 5.38 Å². The van der Waals surface area contributed by atoms with Crippen molar-refractivity contribution in [1.29, 1.82) is 0 Å². The number of piperidine rings is 1. The monoisotopic (exact) mass is 360 g/mol. The fourth-order valence-corrected chi connectivity index (χ4v) is 3.63. The number of pyridine rings is 1. The molecule has 0 aromatic carbocycles. The fraction of sp³-hybridized carbons (Fsp3) is 0.471. The Kier molecular flexibility index (Phi) is 5.62. The zero-order valence-electron chi connectivity index (χ0n) is 14.6. The fourth-order valence-electron chi connectivity index (χ4n) is 2.98. The van der Waals surface area contributed by atoms with E-state index in [4.69, 9.17) is 5.73 Å². The lowest BCUT2D eigenvalue weighted by Crippen LogP contribution is -2.42. The van der Waals surface area contributed by atoms with Crippen LogP contribution in [0.4, 0.5) is 11.5 Å². The van der Waals surface area contributed by atoms with Gasteiger partial charge in [-0.15, -0.1) is 11.3 Å². The van der Waals surface area contributed by atoms with E-state index >= 15 is 0 Å². The van der Waals surface area contributed by atoms with Crippen LogP contribution in [0, 0.1) is 0 Å². The Morgan fingerprint density at radius 3 is 2.72 bits per heavy atom. The molecule has 0 atom stereocenters. The number of nitrogens with two attached hydrogens (primary N) is 1. The third-order valence-corrected chi connectivity index (χ3v) is 5.38. The summed E-state index contributed by atoms with van der Waals surface area (Å²) in [6, 6.07) is 4.49. The largest absolute Gasteiger partial charge is 0.370 e. The molecule has 0 spiro atoms. The van der Waals surface area contributed by atoms with Crippen LogP contribution in [0.2, 0.25) is 0 Å². The molecule has 134 valence electrons. The Morgan fingerprint density at radius 2 is 2.16 bits per heavy atom. The summed E-state index contributed by atoms with van der Waals surface area (Å²) in [6.07, 6.45) is 4.12. The highest BCUT2D eigenvalue weighted by Crippen LogP contribution is 2.22. The minimum absolute atomic E-state index is 0.261. The molecule has 0 bridgehead atoms. The van der Waals surface area contributed by atoms with Gasteiger partial charge in [0.15, 0.2) is 0 Å². The SMILES string of the molecule is CN(C)C1CCN(c2ccc(NC(=O)c3csc(CN)n3)nc2)CC1. The predicted octanol–water partition coefficient (Wildman–Crippen LogP) is 1.78. The number of carbonyl (C=O) groups is 1. The predicted molar refractivity (Wildman–Crippen MR) is 101 cm³/mol. The van der Waals surface area contributed by atoms with Crippen molar-refractivity contribution in [3.8, 4) is 0 Å². The van der Waals surface area contributed by atoms with Crippen LogP contribution in [0.5, 0.6) is 0 Å². The summed E-state index contributed by atoms with van der Waals surface area (Å²) in [4.78, 5) is 25.3. The molecule has 3 rings (SSSR count). The molecule has 0 aliphatic carbocycles. The molecule has 1 amide bonds. The van der Waals surface area contributed by atoms with Crippen molar-refractivity contribution in [3.05, 3.63) is 34.4 Å². The third-order valence-electron chi connectivity index (χ3n) is 4.51. The topological polar surface area (TPSA) is 87.4 Å². The number of anilines is 2. The van der Waals surface area contributed by atoms with E-state index in [-0.39, 0.29) is 5.91 Å². The van der Waals surface area contributed by atoms with Crippen LogP contribution in [-0.4, -0.2) is 54.0 Å². The normalized spacial score (nSPS) is 15.6. The van der Waals surface area contributed by atoms with Gasteiger partial charge in [0, 0.05) is 31.1 Å². The molecule has 2 aromatic heterocycles. The van der Waals surface area contributed by atoms with Crippen molar-refractivity contribution >= 4 is 28.7 Å². The molecule has 25 heavy (non-hydrogen) atoms. The number of aromatic nitrogens is 2. The number of carbonyl (C=O) groups excluding carboxylic acids is 1. The number of rotatable bonds is 5. The highest BCUT2D eigenvalue weighted by Gasteiger charge is 2.21. The highest BCUT2D eigenvalue weighted by atomic mass is 32.1. The van der Waals surface area contributed by atoms with Gasteiger partial charge in [0.05, 0.1) is 11.9 Å². The second kappa shape index (κ2) is 7.90. The Labute approximate surface area is 151 Å². The van der Waals surface area contributed by atoms with Gasteiger partial charge in [0.2, 0.25) is 0 Å². The van der Waals surface area contributed by atoms with Gasteiger partial charge < -0.3 is 20.9 Å². The quantitative estimate of drug-likeness (QED) is 0.845. The Balaban J connectivity index is 1.58. The van der Waals surface area contributed by atoms with E-state index < -0.39 is 0 Å². The summed E-state index contributed by atoms with van der Waals surface area (Å²) in [5.41, 5.74) is 6.99. The standard InChI is InChI=1S/C17H24N6OS/c1-22(2)12-5-7-23(8-6-12)13-3-4-15(19-10-13)21-17(24)14-11-25-16(9-18)20-14/h3-4,10-12H,5-9,18H2,1-2H3,(H,19,21,24). The molecule has 1 saturated heterocycles. The maximum Gasteiger partial charge on any atom is 0.276 e. The van der Waals surface area contributed by atoms with E-state index in [0.29, 0.717) is 24.1 Å². The molecular formula is C17H24N6OS. The number of hydrogen-bond acceptors (Lipinski definition) is 7. The molecule has 3 heterocycles. The van der Waals surface area contributed by atoms with E-state index in [0.717, 1.165) is 36.6 Å². The molecule has 1 aliphatic heterocycles. The van der Waals surface area contributed by atoms with E-state index in [2.05, 4.69) is 39.2 Å². The van der Waals surface area contributed by atoms with Gasteiger partial charge in [-0.05, 0) is 39.1 Å². The van der Waals surface area contributed by atoms with Crippen molar-refractivity contribution < 1.29 is 4.79 Å². The highest BCUT2D eigenvalue weighted by molar-refractivity contribution is 7.09. The lowest BCUT2D eigenvalue weighted by molar-refractivity contribution is 0.102. The van der Waals surface area contributed by atoms with Gasteiger partial charge in [-0.3, -0.25) is 4.79 Å². The molecule has 0 unspecified atom stereocenters. The van der Waals surface area contributed by atoms with Crippen molar-refractivity contribution in [1.82, 2.24) is 14.9 Å². The van der Waals surface area contributed by atoms with Crippen molar-refractivity contribution in [2.24, 2.45) is 5.73 Å². The number of nitrogens with one attached hydrogen (secondary N) is 1. The van der Waals surface area contributed by atoms with Crippen LogP contribution < -0.4 is 16.0 Å². The first-order chi connectivity index (χ1) is 12.1. The van der Waals surface area contributed by atoms with Crippen molar-refractivity contribution in [3.63, 3.8) is 0 Å². The summed E-state index contributed by atoms with van der Waals surface area (Å²) in [5, 5.41) is 5.23. The minimum atomic E-state index is -0.261. The first kappa shape index (κ1) is 17.8. The Bertz CT molecular complexity index is 706. The number of amides is 1. The Morgan fingerprint density at radius 1 is 1.40 bits per heavy atom. The van der Waals surface area contributed by atoms with Crippen molar-refractivity contribution in [2.75, 3.05) is 37.4 Å². The summed E-state index contributed by atoms with van der Waals surface area (Å²) in [5.74, 6) is 0.266. The van der Waals surface area contributed by atoms with Crippen molar-refractivity contribution in [2.45, 2.75) is 25.4 Å². The first-order valence-corrected chi connectivity index (χ1v) is 9.28. The first-order valence-electron chi connectivity index (χ1n) is 8.40. The van der Waals surface area contributed by atoms with Gasteiger partial charge in [0.1, 0.15) is 16.5 Å². The Hall–Kier alpha value is -2.03. The summed E-state index contributed by atoms with van der Waals surface area (Å²) in [6.45, 7) is 2.39. The van der Waals surface area contributed by atoms with Crippen LogP contribution in [0.25, 0.3) is 0 Å². The van der Waals surface area contributed by atoms with Gasteiger partial charge in [-0.2, -0.15) is 0 Å². The molecule has 1 fully saturated rings. The third kappa shape index (κ3) is 4.33. The number of nitrogens with zero attached hydrogens (tertiary/aromatic N) is 4. The minimum Gasteiger partial charge on any atom is -0.370 e. The molecule has 7 nitrogen and oxygen atoms in total. The summed E-state index contributed by atoms with van der Waals surface area (Å²) in [7, 11) is 4.27. The number of hydrogen-bond donors (Lipinski definition) is 2. The molecule has 1 aliphatic rings. The molecule has 2 aromatic rings. The van der Waals surface area contributed by atoms with Gasteiger partial charge in [-0.1, -0.05) is 0 Å². The zero-order valence-corrected chi connectivity index (χ0v) is 15.4. The summed E-state index contributed by atoms with van der Waals surface area (Å²) >= 11 is 1.38. The zero-order chi connectivity index (χ0) is 17.8. The van der Waals surface area contributed by atoms with Crippen LogP contribution in [0.15, 0.2) is 23.7 Å². The second-order valence-corrected chi connectivity index (χ2v) is 7.31. The lowest BCUT2D eigenvalue weighted by Gasteiger charge is -2.36. The van der Waals surface area contributed by atoms with Gasteiger partial charge >= 0.3 is 0 Å². The van der Waals surface area contributed by atoms with E-state index in [1.165, 1.54) is 11.3 Å². The summed E-state index contributed by atoms with van der Waals surface area (Å²) < 4.78 is 0. The maximum absolute atomic E-state index is 12.2. The molecule has 0 saturated carbocycles. The molecule has 0 radical (unpaired) electrons. The van der Waals surface area contributed by atoms with Gasteiger partial charge in [0.25, 0.3) is 5.91 Å². The average Bonchev–Trinajstić information content (AvgIpc) is 3.12. The van der Waals surface area contributed by atoms with Gasteiger partial charge in [-0.25, -0.2) is 9.97 Å².